The van der Waals surface area contributed by atoms with Crippen LogP contribution in [0.2, 0.25) is 0 Å². The number of nitrogens with one attached hydrogen (secondary N) is 2. The van der Waals surface area contributed by atoms with E-state index < -0.39 is 25.9 Å². The quantitative estimate of drug-likeness (QED) is 0.612. The number of aryl methyl sites for hydroxylation is 2. The molecule has 0 fully saturated rings. The van der Waals surface area contributed by atoms with E-state index in [4.69, 9.17) is 0 Å². The van der Waals surface area contributed by atoms with Crippen molar-refractivity contribution in [3.63, 3.8) is 0 Å². The van der Waals surface area contributed by atoms with Gasteiger partial charge in [0.1, 0.15) is 5.82 Å². The standard InChI is InChI=1S/C20H19FN2O4S2/c1-14-7-8-15(2)20(13-14)29(26,27)22-16-9-11-17(12-10-16)28(24,25)23-19-6-4-3-5-18(19)21/h3-13,22-23H,1-2H3. The molecule has 0 saturated carbocycles. The van der Waals surface area contributed by atoms with Crippen molar-refractivity contribution in [3.8, 4) is 0 Å². The molecule has 3 aromatic rings. The highest BCUT2D eigenvalue weighted by atomic mass is 32.2. The predicted octanol–water partition coefficient (Wildman–Crippen LogP) is 4.04. The second-order valence-corrected chi connectivity index (χ2v) is 9.82. The van der Waals surface area contributed by atoms with Gasteiger partial charge < -0.3 is 0 Å². The van der Waals surface area contributed by atoms with Crippen LogP contribution in [0, 0.1) is 19.7 Å². The second-order valence-electron chi connectivity index (χ2n) is 6.48. The van der Waals surface area contributed by atoms with E-state index in [1.54, 1.807) is 26.0 Å². The van der Waals surface area contributed by atoms with E-state index in [-0.39, 0.29) is 21.2 Å². The Bertz CT molecular complexity index is 1260. The number of anilines is 2. The molecule has 2 N–H and O–H groups in total. The SMILES string of the molecule is Cc1ccc(C)c(S(=O)(=O)Nc2ccc(S(=O)(=O)Nc3ccccc3F)cc2)c1. The lowest BCUT2D eigenvalue weighted by molar-refractivity contribution is 0.598. The van der Waals surface area contributed by atoms with E-state index in [2.05, 4.69) is 9.44 Å². The van der Waals surface area contributed by atoms with Crippen molar-refractivity contribution in [1.82, 2.24) is 0 Å². The van der Waals surface area contributed by atoms with Crippen LogP contribution in [0.1, 0.15) is 11.1 Å². The van der Waals surface area contributed by atoms with Gasteiger partial charge in [0.05, 0.1) is 15.5 Å². The van der Waals surface area contributed by atoms with Crippen molar-refractivity contribution in [2.24, 2.45) is 0 Å². The van der Waals surface area contributed by atoms with Crippen LogP contribution in [0.4, 0.5) is 15.8 Å². The van der Waals surface area contributed by atoms with Crippen LogP contribution in [-0.4, -0.2) is 16.8 Å². The van der Waals surface area contributed by atoms with Crippen LogP contribution in [0.5, 0.6) is 0 Å². The van der Waals surface area contributed by atoms with E-state index in [1.807, 2.05) is 6.07 Å². The number of sulfonamides is 2. The largest absolute Gasteiger partial charge is 0.280 e. The van der Waals surface area contributed by atoms with Gasteiger partial charge in [-0.3, -0.25) is 9.44 Å². The lowest BCUT2D eigenvalue weighted by Crippen LogP contribution is -2.16. The summed E-state index contributed by atoms with van der Waals surface area (Å²) in [5.41, 5.74) is 1.43. The van der Waals surface area contributed by atoms with Gasteiger partial charge in [-0.2, -0.15) is 0 Å². The monoisotopic (exact) mass is 434 g/mol. The van der Waals surface area contributed by atoms with E-state index in [0.717, 1.165) is 11.6 Å². The van der Waals surface area contributed by atoms with E-state index in [1.165, 1.54) is 42.5 Å². The topological polar surface area (TPSA) is 92.3 Å². The van der Waals surface area contributed by atoms with Crippen molar-refractivity contribution in [3.05, 3.63) is 83.7 Å². The molecule has 3 aromatic carbocycles. The van der Waals surface area contributed by atoms with Crippen LogP contribution in [0.25, 0.3) is 0 Å². The van der Waals surface area contributed by atoms with Gasteiger partial charge in [0, 0.05) is 5.69 Å². The van der Waals surface area contributed by atoms with Crippen molar-refractivity contribution in [2.45, 2.75) is 23.6 Å². The second kappa shape index (κ2) is 7.84. The summed E-state index contributed by atoms with van der Waals surface area (Å²) in [6.07, 6.45) is 0. The summed E-state index contributed by atoms with van der Waals surface area (Å²) in [6, 6.07) is 15.6. The van der Waals surface area contributed by atoms with Gasteiger partial charge in [0.15, 0.2) is 0 Å². The average Bonchev–Trinajstić information content (AvgIpc) is 2.65. The number of benzene rings is 3. The number of hydrogen-bond acceptors (Lipinski definition) is 4. The molecule has 6 nitrogen and oxygen atoms in total. The zero-order valence-electron chi connectivity index (χ0n) is 15.7. The Morgan fingerprint density at radius 1 is 0.759 bits per heavy atom. The number of halogens is 1. The first-order valence-corrected chi connectivity index (χ1v) is 11.5. The zero-order valence-corrected chi connectivity index (χ0v) is 17.3. The summed E-state index contributed by atoms with van der Waals surface area (Å²) in [6.45, 7) is 3.48. The first-order chi connectivity index (χ1) is 13.6. The van der Waals surface area contributed by atoms with Crippen LogP contribution in [0.3, 0.4) is 0 Å². The van der Waals surface area contributed by atoms with Gasteiger partial charge in [-0.05, 0) is 67.4 Å². The van der Waals surface area contributed by atoms with E-state index in [9.17, 15) is 21.2 Å². The number of para-hydroxylation sites is 1. The summed E-state index contributed by atoms with van der Waals surface area (Å²) >= 11 is 0. The van der Waals surface area contributed by atoms with Crippen LogP contribution < -0.4 is 9.44 Å². The molecular formula is C20H19FN2O4S2. The minimum absolute atomic E-state index is 0.129. The summed E-state index contributed by atoms with van der Waals surface area (Å²) in [7, 11) is -7.86. The van der Waals surface area contributed by atoms with Gasteiger partial charge in [-0.1, -0.05) is 24.3 Å². The number of rotatable bonds is 6. The maximum Gasteiger partial charge on any atom is 0.262 e. The molecule has 29 heavy (non-hydrogen) atoms. The third kappa shape index (κ3) is 4.75. The Morgan fingerprint density at radius 2 is 1.41 bits per heavy atom. The number of hydrogen-bond donors (Lipinski definition) is 2. The van der Waals surface area contributed by atoms with Gasteiger partial charge in [-0.15, -0.1) is 0 Å². The fourth-order valence-corrected chi connectivity index (χ4v) is 5.11. The third-order valence-electron chi connectivity index (χ3n) is 4.17. The zero-order chi connectivity index (χ0) is 21.2. The molecule has 0 atom stereocenters. The molecule has 152 valence electrons. The molecule has 0 aliphatic heterocycles. The first kappa shape index (κ1) is 20.8. The highest BCUT2D eigenvalue weighted by molar-refractivity contribution is 7.93. The smallest absolute Gasteiger partial charge is 0.262 e. The normalized spacial score (nSPS) is 11.8. The molecule has 0 aliphatic rings. The Hall–Kier alpha value is -2.91. The Balaban J connectivity index is 1.83. The van der Waals surface area contributed by atoms with Crippen LogP contribution >= 0.6 is 0 Å². The molecule has 3 rings (SSSR count). The highest BCUT2D eigenvalue weighted by Crippen LogP contribution is 2.23. The van der Waals surface area contributed by atoms with Gasteiger partial charge in [-0.25, -0.2) is 21.2 Å². The molecule has 0 aliphatic carbocycles. The van der Waals surface area contributed by atoms with Crippen molar-refractivity contribution in [1.29, 1.82) is 0 Å². The van der Waals surface area contributed by atoms with Crippen molar-refractivity contribution in [2.75, 3.05) is 9.44 Å². The molecule has 9 heteroatoms. The van der Waals surface area contributed by atoms with E-state index >= 15 is 0 Å². The Morgan fingerprint density at radius 3 is 2.07 bits per heavy atom. The Kier molecular flexibility index (Phi) is 5.63. The van der Waals surface area contributed by atoms with Gasteiger partial charge in [0.2, 0.25) is 0 Å². The molecule has 0 heterocycles. The maximum atomic E-state index is 13.7. The van der Waals surface area contributed by atoms with Crippen molar-refractivity contribution < 1.29 is 21.2 Å². The minimum atomic E-state index is -4.03. The summed E-state index contributed by atoms with van der Waals surface area (Å²) < 4.78 is 68.5. The predicted molar refractivity (Wildman–Crippen MR) is 110 cm³/mol. The lowest BCUT2D eigenvalue weighted by Gasteiger charge is -2.12. The molecule has 0 saturated heterocycles. The fraction of sp³-hybridized carbons (Fsp3) is 0.100. The third-order valence-corrected chi connectivity index (χ3v) is 7.07. The Labute approximate surface area is 169 Å². The summed E-state index contributed by atoms with van der Waals surface area (Å²) in [4.78, 5) is 0.0193. The van der Waals surface area contributed by atoms with Crippen LogP contribution in [-0.2, 0) is 20.0 Å². The van der Waals surface area contributed by atoms with Crippen LogP contribution in [0.15, 0.2) is 76.5 Å². The molecule has 0 bridgehead atoms. The molecule has 0 amide bonds. The molecule has 0 unspecified atom stereocenters. The molecule has 0 spiro atoms. The molecule has 0 aromatic heterocycles. The molecular weight excluding hydrogens is 415 g/mol. The minimum Gasteiger partial charge on any atom is -0.280 e. The first-order valence-electron chi connectivity index (χ1n) is 8.56. The molecule has 0 radical (unpaired) electrons. The fourth-order valence-electron chi connectivity index (χ4n) is 2.66. The summed E-state index contributed by atoms with van der Waals surface area (Å²) in [5, 5.41) is 0. The summed E-state index contributed by atoms with van der Waals surface area (Å²) in [5.74, 6) is -0.700. The van der Waals surface area contributed by atoms with Crippen molar-refractivity contribution >= 4 is 31.4 Å². The van der Waals surface area contributed by atoms with Gasteiger partial charge in [0.25, 0.3) is 20.0 Å². The average molecular weight is 435 g/mol. The van der Waals surface area contributed by atoms with E-state index in [0.29, 0.717) is 5.56 Å². The van der Waals surface area contributed by atoms with Gasteiger partial charge >= 0.3 is 0 Å². The maximum absolute atomic E-state index is 13.7. The highest BCUT2D eigenvalue weighted by Gasteiger charge is 2.19. The lowest BCUT2D eigenvalue weighted by atomic mass is 10.2.